The average molecular weight is 295 g/mol. The molecule has 1 aliphatic rings. The molecule has 0 radical (unpaired) electrons. The molecule has 5 nitrogen and oxygen atoms in total. The third-order valence-corrected chi connectivity index (χ3v) is 3.40. The maximum atomic E-state index is 11.4. The monoisotopic (exact) mass is 295 g/mol. The number of aryl methyl sites for hydroxylation is 1. The second kappa shape index (κ2) is 5.89. The maximum Gasteiger partial charge on any atom is 0.262 e. The molecule has 112 valence electrons. The Kier molecular flexibility index (Phi) is 3.78. The molecule has 22 heavy (non-hydrogen) atoms. The first-order valence-electron chi connectivity index (χ1n) is 7.06. The van der Waals surface area contributed by atoms with Crippen molar-refractivity contribution in [1.82, 2.24) is 0 Å². The number of benzene rings is 2. The van der Waals surface area contributed by atoms with Crippen molar-refractivity contribution in [2.24, 2.45) is 5.10 Å². The normalized spacial score (nSPS) is 13.9. The number of nitrogens with one attached hydrogen (secondary N) is 2. The summed E-state index contributed by atoms with van der Waals surface area (Å²) in [6.45, 7) is 4.01. The molecule has 0 aliphatic carbocycles. The van der Waals surface area contributed by atoms with Crippen LogP contribution >= 0.6 is 0 Å². The van der Waals surface area contributed by atoms with Gasteiger partial charge in [-0.25, -0.2) is 0 Å². The molecule has 0 unspecified atom stereocenters. The summed E-state index contributed by atoms with van der Waals surface area (Å²) in [4.78, 5) is 11.4. The summed E-state index contributed by atoms with van der Waals surface area (Å²) < 4.78 is 5.35. The van der Waals surface area contributed by atoms with Gasteiger partial charge in [-0.3, -0.25) is 10.2 Å². The first-order valence-corrected chi connectivity index (χ1v) is 7.06. The summed E-state index contributed by atoms with van der Waals surface area (Å²) >= 11 is 0. The van der Waals surface area contributed by atoms with Crippen LogP contribution < -0.4 is 15.5 Å². The fraction of sp³-hybridized carbons (Fsp3) is 0.176. The summed E-state index contributed by atoms with van der Waals surface area (Å²) in [7, 11) is 0. The lowest BCUT2D eigenvalue weighted by Gasteiger charge is -2.18. The number of anilines is 2. The summed E-state index contributed by atoms with van der Waals surface area (Å²) in [5.74, 6) is 0.542. The van der Waals surface area contributed by atoms with Crippen LogP contribution in [0, 0.1) is 6.92 Å². The van der Waals surface area contributed by atoms with Gasteiger partial charge in [-0.2, -0.15) is 5.10 Å². The smallest absolute Gasteiger partial charge is 0.262 e. The van der Waals surface area contributed by atoms with Crippen LogP contribution in [-0.2, 0) is 4.79 Å². The van der Waals surface area contributed by atoms with Gasteiger partial charge in [0.1, 0.15) is 5.75 Å². The van der Waals surface area contributed by atoms with Gasteiger partial charge in [-0.1, -0.05) is 12.1 Å². The van der Waals surface area contributed by atoms with Gasteiger partial charge in [-0.15, -0.1) is 0 Å². The van der Waals surface area contributed by atoms with Crippen molar-refractivity contribution in [2.75, 3.05) is 17.3 Å². The van der Waals surface area contributed by atoms with Crippen LogP contribution in [0.15, 0.2) is 47.6 Å². The Morgan fingerprint density at radius 2 is 2.14 bits per heavy atom. The van der Waals surface area contributed by atoms with Crippen LogP contribution in [0.25, 0.3) is 0 Å². The predicted octanol–water partition coefficient (Wildman–Crippen LogP) is 3.16. The molecule has 0 bridgehead atoms. The number of carbonyl (C=O) groups is 1. The Morgan fingerprint density at radius 3 is 2.95 bits per heavy atom. The highest BCUT2D eigenvalue weighted by molar-refractivity contribution is 6.02. The van der Waals surface area contributed by atoms with E-state index in [0.29, 0.717) is 11.4 Å². The van der Waals surface area contributed by atoms with Crippen LogP contribution in [0.3, 0.4) is 0 Å². The molecular formula is C17H17N3O2. The van der Waals surface area contributed by atoms with Crippen molar-refractivity contribution in [2.45, 2.75) is 13.8 Å². The third-order valence-electron chi connectivity index (χ3n) is 3.40. The molecule has 2 N–H and O–H groups in total. The Balaban J connectivity index is 1.80. The molecule has 0 atom stereocenters. The summed E-state index contributed by atoms with van der Waals surface area (Å²) in [6, 6.07) is 13.6. The van der Waals surface area contributed by atoms with Gasteiger partial charge >= 0.3 is 0 Å². The van der Waals surface area contributed by atoms with Crippen molar-refractivity contribution >= 4 is 23.0 Å². The predicted molar refractivity (Wildman–Crippen MR) is 87.6 cm³/mol. The van der Waals surface area contributed by atoms with Gasteiger partial charge in [0, 0.05) is 0 Å². The molecule has 2 aromatic rings. The molecular weight excluding hydrogens is 278 g/mol. The minimum Gasteiger partial charge on any atom is -0.482 e. The lowest BCUT2D eigenvalue weighted by atomic mass is 10.1. The van der Waals surface area contributed by atoms with Gasteiger partial charge in [0.2, 0.25) is 0 Å². The van der Waals surface area contributed by atoms with Gasteiger partial charge in [0.25, 0.3) is 5.91 Å². The first kappa shape index (κ1) is 14.1. The first-order chi connectivity index (χ1) is 10.6. The molecule has 1 heterocycles. The molecule has 3 rings (SSSR count). The Labute approximate surface area is 129 Å². The minimum absolute atomic E-state index is 0.0638. The van der Waals surface area contributed by atoms with Crippen LogP contribution in [0.5, 0.6) is 5.75 Å². The number of amides is 1. The van der Waals surface area contributed by atoms with E-state index in [1.165, 1.54) is 5.56 Å². The summed E-state index contributed by atoms with van der Waals surface area (Å²) in [6.07, 6.45) is 0. The van der Waals surface area contributed by atoms with Crippen molar-refractivity contribution in [3.63, 3.8) is 0 Å². The van der Waals surface area contributed by atoms with E-state index >= 15 is 0 Å². The zero-order valence-electron chi connectivity index (χ0n) is 12.5. The van der Waals surface area contributed by atoms with Gasteiger partial charge in [0.05, 0.1) is 17.1 Å². The topological polar surface area (TPSA) is 62.7 Å². The maximum absolute atomic E-state index is 11.4. The van der Waals surface area contributed by atoms with Crippen LogP contribution in [-0.4, -0.2) is 18.2 Å². The molecule has 0 saturated carbocycles. The summed E-state index contributed by atoms with van der Waals surface area (Å²) in [5.41, 5.74) is 7.58. The van der Waals surface area contributed by atoms with E-state index in [0.717, 1.165) is 17.0 Å². The highest BCUT2D eigenvalue weighted by Gasteiger charge is 2.16. The fourth-order valence-electron chi connectivity index (χ4n) is 2.24. The van der Waals surface area contributed by atoms with Crippen molar-refractivity contribution < 1.29 is 9.53 Å². The van der Waals surface area contributed by atoms with E-state index in [2.05, 4.69) is 15.8 Å². The molecule has 1 aliphatic heterocycles. The number of hydrazone groups is 1. The minimum atomic E-state index is -0.142. The lowest BCUT2D eigenvalue weighted by molar-refractivity contribution is -0.118. The zero-order valence-corrected chi connectivity index (χ0v) is 12.5. The van der Waals surface area contributed by atoms with E-state index in [9.17, 15) is 4.79 Å². The van der Waals surface area contributed by atoms with Crippen LogP contribution in [0.4, 0.5) is 11.4 Å². The Hall–Kier alpha value is -2.82. The SMILES string of the molecule is C/C(=N/Nc1cccc(C)c1)c1ccc2c(c1)NC(=O)CO2. The average Bonchev–Trinajstić information content (AvgIpc) is 2.52. The Bertz CT molecular complexity index is 753. The highest BCUT2D eigenvalue weighted by atomic mass is 16.5. The molecule has 2 aromatic carbocycles. The van der Waals surface area contributed by atoms with Gasteiger partial charge < -0.3 is 10.1 Å². The van der Waals surface area contributed by atoms with Gasteiger partial charge in [0.15, 0.2) is 6.61 Å². The largest absolute Gasteiger partial charge is 0.482 e. The number of fused-ring (bicyclic) bond motifs is 1. The number of hydrogen-bond acceptors (Lipinski definition) is 4. The van der Waals surface area contributed by atoms with Crippen LogP contribution in [0.1, 0.15) is 18.1 Å². The number of nitrogens with zero attached hydrogens (tertiary/aromatic N) is 1. The molecule has 1 amide bonds. The van der Waals surface area contributed by atoms with Crippen molar-refractivity contribution in [3.8, 4) is 5.75 Å². The fourth-order valence-corrected chi connectivity index (χ4v) is 2.24. The highest BCUT2D eigenvalue weighted by Crippen LogP contribution is 2.28. The molecule has 0 spiro atoms. The zero-order chi connectivity index (χ0) is 15.5. The summed E-state index contributed by atoms with van der Waals surface area (Å²) in [5, 5.41) is 7.18. The number of hydrogen-bond donors (Lipinski definition) is 2. The second-order valence-corrected chi connectivity index (χ2v) is 5.23. The van der Waals surface area contributed by atoms with Crippen molar-refractivity contribution in [3.05, 3.63) is 53.6 Å². The quantitative estimate of drug-likeness (QED) is 0.675. The Morgan fingerprint density at radius 1 is 1.27 bits per heavy atom. The number of carbonyl (C=O) groups excluding carboxylic acids is 1. The molecule has 0 saturated heterocycles. The van der Waals surface area contributed by atoms with Gasteiger partial charge in [-0.05, 0) is 55.3 Å². The second-order valence-electron chi connectivity index (χ2n) is 5.23. The van der Waals surface area contributed by atoms with E-state index in [4.69, 9.17) is 4.74 Å². The standard InChI is InChI=1S/C17H17N3O2/c1-11-4-3-5-14(8-11)20-19-12(2)13-6-7-16-15(9-13)18-17(21)10-22-16/h3-9,20H,10H2,1-2H3,(H,18,21)/b19-12-. The van der Waals surface area contributed by atoms with E-state index in [1.807, 2.05) is 56.3 Å². The lowest BCUT2D eigenvalue weighted by Crippen LogP contribution is -2.25. The van der Waals surface area contributed by atoms with E-state index < -0.39 is 0 Å². The molecule has 0 aromatic heterocycles. The molecule has 0 fully saturated rings. The van der Waals surface area contributed by atoms with Crippen molar-refractivity contribution in [1.29, 1.82) is 0 Å². The number of ether oxygens (including phenoxy) is 1. The van der Waals surface area contributed by atoms with Crippen LogP contribution in [0.2, 0.25) is 0 Å². The number of rotatable bonds is 3. The van der Waals surface area contributed by atoms with E-state index in [-0.39, 0.29) is 12.5 Å². The molecule has 5 heteroatoms. The van der Waals surface area contributed by atoms with E-state index in [1.54, 1.807) is 0 Å². The third kappa shape index (κ3) is 3.09.